The predicted octanol–water partition coefficient (Wildman–Crippen LogP) is 1.75. The topological polar surface area (TPSA) is 87.6 Å². The molecule has 0 atom stereocenters. The fourth-order valence-electron chi connectivity index (χ4n) is 1.06. The molecule has 0 radical (unpaired) electrons. The zero-order valence-electron chi connectivity index (χ0n) is 10.6. The number of oxazole rings is 1. The lowest BCUT2D eigenvalue weighted by Crippen LogP contribution is -2.18. The molecule has 96 valence electrons. The van der Waals surface area contributed by atoms with Gasteiger partial charge in [0.1, 0.15) is 6.61 Å². The van der Waals surface area contributed by atoms with Crippen molar-refractivity contribution < 1.29 is 18.7 Å². The summed E-state index contributed by atoms with van der Waals surface area (Å²) in [7, 11) is 0. The molecule has 1 aromatic rings. The highest BCUT2D eigenvalue weighted by Crippen LogP contribution is 2.17. The first kappa shape index (κ1) is 13.5. The summed E-state index contributed by atoms with van der Waals surface area (Å²) in [6.07, 6.45) is 0. The van der Waals surface area contributed by atoms with Crippen LogP contribution in [0.4, 0.5) is 5.88 Å². The van der Waals surface area contributed by atoms with Crippen molar-refractivity contribution in [3.63, 3.8) is 0 Å². The molecule has 6 nitrogen and oxygen atoms in total. The van der Waals surface area contributed by atoms with E-state index in [0.29, 0.717) is 0 Å². The molecule has 0 fully saturated rings. The third kappa shape index (κ3) is 4.07. The van der Waals surface area contributed by atoms with E-state index in [4.69, 9.17) is 19.6 Å². The van der Waals surface area contributed by atoms with Crippen LogP contribution in [0.15, 0.2) is 4.42 Å². The van der Waals surface area contributed by atoms with Crippen LogP contribution in [0, 0.1) is 0 Å². The minimum atomic E-state index is -0.587. The van der Waals surface area contributed by atoms with Crippen molar-refractivity contribution in [2.45, 2.75) is 39.9 Å². The summed E-state index contributed by atoms with van der Waals surface area (Å²) in [5.41, 5.74) is 5.21. The Morgan fingerprint density at radius 1 is 1.47 bits per heavy atom. The zero-order chi connectivity index (χ0) is 13.1. The average molecular weight is 242 g/mol. The number of nitrogens with zero attached hydrogens (tertiary/aromatic N) is 1. The van der Waals surface area contributed by atoms with Gasteiger partial charge in [-0.15, -0.1) is 0 Å². The van der Waals surface area contributed by atoms with Crippen LogP contribution < -0.4 is 5.73 Å². The largest absolute Gasteiger partial charge is 0.461 e. The lowest BCUT2D eigenvalue weighted by Gasteiger charge is -2.17. The quantitative estimate of drug-likeness (QED) is 0.809. The van der Waals surface area contributed by atoms with Gasteiger partial charge < -0.3 is 19.6 Å². The summed E-state index contributed by atoms with van der Waals surface area (Å²) in [6.45, 7) is 7.85. The van der Waals surface area contributed by atoms with Gasteiger partial charge in [-0.2, -0.15) is 0 Å². The third-order valence-corrected chi connectivity index (χ3v) is 1.80. The molecule has 0 bridgehead atoms. The van der Waals surface area contributed by atoms with Gasteiger partial charge in [0.05, 0.1) is 12.2 Å². The van der Waals surface area contributed by atoms with E-state index < -0.39 is 5.97 Å². The molecular weight excluding hydrogens is 224 g/mol. The summed E-state index contributed by atoms with van der Waals surface area (Å²) >= 11 is 0. The predicted molar refractivity (Wildman–Crippen MR) is 61.4 cm³/mol. The van der Waals surface area contributed by atoms with E-state index in [9.17, 15) is 4.79 Å². The average Bonchev–Trinajstić information content (AvgIpc) is 2.56. The highest BCUT2D eigenvalue weighted by atomic mass is 16.5. The molecule has 0 aliphatic carbocycles. The molecule has 1 heterocycles. The van der Waals surface area contributed by atoms with E-state index in [1.165, 1.54) is 0 Å². The normalized spacial score (nSPS) is 11.5. The third-order valence-electron chi connectivity index (χ3n) is 1.80. The molecular formula is C11H18N2O4. The number of nitrogen functional groups attached to an aromatic ring is 1. The Labute approximate surface area is 100 Å². The first-order valence-electron chi connectivity index (χ1n) is 5.39. The minimum Gasteiger partial charge on any atom is -0.461 e. The van der Waals surface area contributed by atoms with Gasteiger partial charge in [0.15, 0.2) is 0 Å². The Kier molecular flexibility index (Phi) is 4.11. The van der Waals surface area contributed by atoms with Crippen LogP contribution in [-0.4, -0.2) is 23.2 Å². The van der Waals surface area contributed by atoms with Crippen molar-refractivity contribution >= 4 is 11.9 Å². The molecule has 0 aliphatic rings. The van der Waals surface area contributed by atoms with Crippen LogP contribution in [0.3, 0.4) is 0 Å². The van der Waals surface area contributed by atoms with Crippen LogP contribution >= 0.6 is 0 Å². The standard InChI is InChI=1S/C11H18N2O4/c1-5-15-10(14)8-9(12)17-7(13-8)6-16-11(2,3)4/h5-6,12H2,1-4H3. The maximum absolute atomic E-state index is 11.4. The molecule has 0 aromatic carbocycles. The van der Waals surface area contributed by atoms with Gasteiger partial charge in [-0.1, -0.05) is 0 Å². The van der Waals surface area contributed by atoms with Gasteiger partial charge in [0.25, 0.3) is 0 Å². The van der Waals surface area contributed by atoms with Crippen molar-refractivity contribution in [2.75, 3.05) is 12.3 Å². The Hall–Kier alpha value is -1.56. The van der Waals surface area contributed by atoms with Crippen LogP contribution in [0.2, 0.25) is 0 Å². The molecule has 2 N–H and O–H groups in total. The highest BCUT2D eigenvalue weighted by Gasteiger charge is 2.20. The summed E-state index contributed by atoms with van der Waals surface area (Å²) < 4.78 is 15.4. The molecule has 0 saturated heterocycles. The first-order chi connectivity index (χ1) is 7.83. The number of rotatable bonds is 4. The van der Waals surface area contributed by atoms with E-state index in [1.54, 1.807) is 6.92 Å². The fourth-order valence-corrected chi connectivity index (χ4v) is 1.06. The molecule has 6 heteroatoms. The number of hydrogen-bond donors (Lipinski definition) is 1. The van der Waals surface area contributed by atoms with Crippen LogP contribution in [0.1, 0.15) is 44.1 Å². The van der Waals surface area contributed by atoms with E-state index in [0.717, 1.165) is 0 Å². The number of carbonyl (C=O) groups is 1. The van der Waals surface area contributed by atoms with Crippen molar-refractivity contribution in [2.24, 2.45) is 0 Å². The number of hydrogen-bond acceptors (Lipinski definition) is 6. The van der Waals surface area contributed by atoms with Gasteiger partial charge >= 0.3 is 5.97 Å². The Morgan fingerprint density at radius 3 is 2.65 bits per heavy atom. The molecule has 1 rings (SSSR count). The fraction of sp³-hybridized carbons (Fsp3) is 0.636. The second kappa shape index (κ2) is 5.18. The molecule has 0 aliphatic heterocycles. The Bertz CT molecular complexity index is 393. The van der Waals surface area contributed by atoms with Crippen LogP contribution in [0.5, 0.6) is 0 Å². The number of aromatic nitrogens is 1. The SMILES string of the molecule is CCOC(=O)c1nc(COC(C)(C)C)oc1N. The van der Waals surface area contributed by atoms with E-state index in [-0.39, 0.29) is 36.3 Å². The van der Waals surface area contributed by atoms with E-state index in [1.807, 2.05) is 20.8 Å². The van der Waals surface area contributed by atoms with Gasteiger partial charge in [-0.3, -0.25) is 0 Å². The van der Waals surface area contributed by atoms with Crippen molar-refractivity contribution in [1.29, 1.82) is 0 Å². The van der Waals surface area contributed by atoms with E-state index in [2.05, 4.69) is 4.98 Å². The number of esters is 1. The zero-order valence-corrected chi connectivity index (χ0v) is 10.6. The lowest BCUT2D eigenvalue weighted by molar-refractivity contribution is -0.0241. The first-order valence-corrected chi connectivity index (χ1v) is 5.39. The van der Waals surface area contributed by atoms with Crippen molar-refractivity contribution in [3.8, 4) is 0 Å². The van der Waals surface area contributed by atoms with Crippen LogP contribution in [-0.2, 0) is 16.1 Å². The Morgan fingerprint density at radius 2 is 2.12 bits per heavy atom. The summed E-state index contributed by atoms with van der Waals surface area (Å²) in [6, 6.07) is 0. The summed E-state index contributed by atoms with van der Waals surface area (Å²) in [5, 5.41) is 0. The molecule has 1 aromatic heterocycles. The molecule has 17 heavy (non-hydrogen) atoms. The summed E-state index contributed by atoms with van der Waals surface area (Å²) in [5.74, 6) is -0.368. The number of ether oxygens (including phenoxy) is 2. The number of anilines is 1. The van der Waals surface area contributed by atoms with Crippen LogP contribution in [0.25, 0.3) is 0 Å². The molecule has 0 spiro atoms. The smallest absolute Gasteiger partial charge is 0.362 e. The second-order valence-corrected chi connectivity index (χ2v) is 4.44. The minimum absolute atomic E-state index is 0.000593. The van der Waals surface area contributed by atoms with Gasteiger partial charge in [-0.05, 0) is 27.7 Å². The maximum atomic E-state index is 11.4. The van der Waals surface area contributed by atoms with Gasteiger partial charge in [-0.25, -0.2) is 9.78 Å². The summed E-state index contributed by atoms with van der Waals surface area (Å²) in [4.78, 5) is 15.4. The monoisotopic (exact) mass is 242 g/mol. The number of nitrogens with two attached hydrogens (primary N) is 1. The molecule has 0 unspecified atom stereocenters. The van der Waals surface area contributed by atoms with Crippen molar-refractivity contribution in [3.05, 3.63) is 11.6 Å². The van der Waals surface area contributed by atoms with Crippen molar-refractivity contribution in [1.82, 2.24) is 4.98 Å². The molecule has 0 amide bonds. The molecule has 0 saturated carbocycles. The Balaban J connectivity index is 2.71. The maximum Gasteiger partial charge on any atom is 0.362 e. The van der Waals surface area contributed by atoms with Gasteiger partial charge in [0.2, 0.25) is 17.5 Å². The number of carbonyl (C=O) groups excluding carboxylic acids is 1. The second-order valence-electron chi connectivity index (χ2n) is 4.44. The highest BCUT2D eigenvalue weighted by molar-refractivity contribution is 5.91. The van der Waals surface area contributed by atoms with E-state index >= 15 is 0 Å². The lowest BCUT2D eigenvalue weighted by atomic mass is 10.2. The van der Waals surface area contributed by atoms with Gasteiger partial charge in [0, 0.05) is 0 Å².